The van der Waals surface area contributed by atoms with Crippen LogP contribution in [0, 0.1) is 26.7 Å². The number of amides is 1. The molecule has 0 saturated carbocycles. The summed E-state index contributed by atoms with van der Waals surface area (Å²) in [4.78, 5) is 31.2. The van der Waals surface area contributed by atoms with E-state index in [0.717, 1.165) is 11.5 Å². The molecule has 0 unspecified atom stereocenters. The van der Waals surface area contributed by atoms with Crippen LogP contribution in [-0.2, 0) is 22.4 Å². The Bertz CT molecular complexity index is 826. The van der Waals surface area contributed by atoms with Crippen molar-refractivity contribution >= 4 is 5.91 Å². The molecule has 25 heavy (non-hydrogen) atoms. The van der Waals surface area contributed by atoms with Crippen molar-refractivity contribution in [1.29, 1.82) is 0 Å². The molecule has 0 aliphatic carbocycles. The third-order valence-corrected chi connectivity index (χ3v) is 4.36. The lowest BCUT2D eigenvalue weighted by Gasteiger charge is -2.18. The van der Waals surface area contributed by atoms with Crippen LogP contribution < -0.4 is 10.9 Å². The summed E-state index contributed by atoms with van der Waals surface area (Å²) in [7, 11) is 0. The summed E-state index contributed by atoms with van der Waals surface area (Å²) < 4.78 is 10.8. The molecule has 2 atom stereocenters. The highest BCUT2D eigenvalue weighted by Gasteiger charge is 2.31. The zero-order valence-corrected chi connectivity index (χ0v) is 14.6. The highest BCUT2D eigenvalue weighted by atomic mass is 16.5. The number of aromatic nitrogens is 3. The Balaban J connectivity index is 1.63. The van der Waals surface area contributed by atoms with Gasteiger partial charge in [-0.3, -0.25) is 9.59 Å². The molecule has 1 fully saturated rings. The Morgan fingerprint density at radius 1 is 1.36 bits per heavy atom. The minimum atomic E-state index is -0.267. The van der Waals surface area contributed by atoms with Gasteiger partial charge in [0, 0.05) is 29.7 Å². The van der Waals surface area contributed by atoms with Gasteiger partial charge < -0.3 is 19.6 Å². The number of nitrogens with zero attached hydrogens (tertiary/aromatic N) is 2. The molecule has 1 saturated heterocycles. The summed E-state index contributed by atoms with van der Waals surface area (Å²) in [5, 5.41) is 6.85. The van der Waals surface area contributed by atoms with Gasteiger partial charge in [0.25, 0.3) is 5.56 Å². The average Bonchev–Trinajstić information content (AvgIpc) is 3.13. The highest BCUT2D eigenvalue weighted by Crippen LogP contribution is 2.20. The summed E-state index contributed by atoms with van der Waals surface area (Å²) in [6, 6.07) is 1.77. The molecule has 3 heterocycles. The van der Waals surface area contributed by atoms with Crippen LogP contribution in [0.1, 0.15) is 28.5 Å². The van der Waals surface area contributed by atoms with Crippen molar-refractivity contribution in [3.05, 3.63) is 45.0 Å². The van der Waals surface area contributed by atoms with Crippen LogP contribution in [0.3, 0.4) is 0 Å². The average molecular weight is 346 g/mol. The van der Waals surface area contributed by atoms with E-state index < -0.39 is 0 Å². The molecule has 0 radical (unpaired) electrons. The molecule has 0 bridgehead atoms. The van der Waals surface area contributed by atoms with E-state index >= 15 is 0 Å². The van der Waals surface area contributed by atoms with E-state index in [1.165, 1.54) is 0 Å². The molecule has 2 aromatic heterocycles. The molecule has 1 aliphatic heterocycles. The maximum atomic E-state index is 12.4. The maximum Gasteiger partial charge on any atom is 0.254 e. The van der Waals surface area contributed by atoms with E-state index in [1.54, 1.807) is 13.8 Å². The Morgan fingerprint density at radius 2 is 2.16 bits per heavy atom. The zero-order valence-electron chi connectivity index (χ0n) is 14.6. The summed E-state index contributed by atoms with van der Waals surface area (Å²) >= 11 is 0. The fourth-order valence-corrected chi connectivity index (χ4v) is 3.11. The van der Waals surface area contributed by atoms with Gasteiger partial charge in [0.05, 0.1) is 31.4 Å². The van der Waals surface area contributed by atoms with E-state index in [-0.39, 0.29) is 29.8 Å². The predicted molar refractivity (Wildman–Crippen MR) is 89.2 cm³/mol. The molecular formula is C17H22N4O4. The molecule has 8 nitrogen and oxygen atoms in total. The Hall–Kier alpha value is -2.48. The number of hydrogen-bond acceptors (Lipinski definition) is 6. The predicted octanol–water partition coefficient (Wildman–Crippen LogP) is 0.600. The first-order valence-corrected chi connectivity index (χ1v) is 8.28. The number of hydrogen-bond donors (Lipinski definition) is 2. The molecule has 8 heteroatoms. The van der Waals surface area contributed by atoms with Gasteiger partial charge >= 0.3 is 0 Å². The second-order valence-corrected chi connectivity index (χ2v) is 6.50. The standard InChI is InChI=1S/C17H22N4O4/c1-9-4-13(25-21-9)5-12-7-24-8-15(12)20-16(22)6-14-10(2)18-11(3)19-17(14)23/h4,12,15H,5-8H2,1-3H3,(H,20,22)(H,18,19,23)/t12-,15+/m1/s1. The number of ether oxygens (including phenoxy) is 1. The first kappa shape index (κ1) is 17.3. The van der Waals surface area contributed by atoms with Crippen molar-refractivity contribution < 1.29 is 14.1 Å². The Morgan fingerprint density at radius 3 is 2.84 bits per heavy atom. The lowest BCUT2D eigenvalue weighted by molar-refractivity contribution is -0.121. The normalized spacial score (nSPS) is 20.0. The van der Waals surface area contributed by atoms with Crippen molar-refractivity contribution in [2.75, 3.05) is 13.2 Å². The summed E-state index contributed by atoms with van der Waals surface area (Å²) in [6.07, 6.45) is 0.649. The van der Waals surface area contributed by atoms with Gasteiger partial charge in [-0.1, -0.05) is 5.16 Å². The molecule has 0 spiro atoms. The first-order valence-electron chi connectivity index (χ1n) is 8.28. The van der Waals surface area contributed by atoms with Gasteiger partial charge in [0.15, 0.2) is 0 Å². The van der Waals surface area contributed by atoms with Gasteiger partial charge in [-0.2, -0.15) is 0 Å². The lowest BCUT2D eigenvalue weighted by Crippen LogP contribution is -2.42. The monoisotopic (exact) mass is 346 g/mol. The minimum Gasteiger partial charge on any atom is -0.379 e. The summed E-state index contributed by atoms with van der Waals surface area (Å²) in [6.45, 7) is 6.32. The van der Waals surface area contributed by atoms with Gasteiger partial charge in [0.1, 0.15) is 11.6 Å². The van der Waals surface area contributed by atoms with Crippen molar-refractivity contribution in [1.82, 2.24) is 20.4 Å². The summed E-state index contributed by atoms with van der Waals surface area (Å²) in [5.41, 5.74) is 1.53. The lowest BCUT2D eigenvalue weighted by atomic mass is 9.98. The van der Waals surface area contributed by atoms with Crippen LogP contribution in [0.5, 0.6) is 0 Å². The SMILES string of the molecule is Cc1cc(C[C@@H]2COC[C@@H]2NC(=O)Cc2c(C)nc(C)[nH]c2=O)on1. The molecular weight excluding hydrogens is 324 g/mol. The van der Waals surface area contributed by atoms with E-state index in [9.17, 15) is 9.59 Å². The quantitative estimate of drug-likeness (QED) is 0.820. The third-order valence-electron chi connectivity index (χ3n) is 4.36. The maximum absolute atomic E-state index is 12.4. The van der Waals surface area contributed by atoms with Crippen LogP contribution in [0.15, 0.2) is 15.4 Å². The molecule has 3 rings (SSSR count). The van der Waals surface area contributed by atoms with Crippen molar-refractivity contribution in [2.45, 2.75) is 39.7 Å². The fourth-order valence-electron chi connectivity index (χ4n) is 3.11. The number of aryl methyl sites for hydroxylation is 3. The first-order chi connectivity index (χ1) is 11.9. The van der Waals surface area contributed by atoms with E-state index in [1.807, 2.05) is 13.0 Å². The zero-order chi connectivity index (χ0) is 18.0. The van der Waals surface area contributed by atoms with Crippen LogP contribution >= 0.6 is 0 Å². The molecule has 134 valence electrons. The largest absolute Gasteiger partial charge is 0.379 e. The number of rotatable bonds is 5. The molecule has 0 aromatic carbocycles. The number of carbonyl (C=O) groups is 1. The molecule has 2 N–H and O–H groups in total. The number of aromatic amines is 1. The van der Waals surface area contributed by atoms with Gasteiger partial charge in [-0.15, -0.1) is 0 Å². The topological polar surface area (TPSA) is 110 Å². The number of nitrogens with one attached hydrogen (secondary N) is 2. The Kier molecular flexibility index (Phi) is 4.98. The van der Waals surface area contributed by atoms with Crippen LogP contribution in [-0.4, -0.2) is 40.3 Å². The van der Waals surface area contributed by atoms with Gasteiger partial charge in [-0.25, -0.2) is 4.98 Å². The van der Waals surface area contributed by atoms with Crippen LogP contribution in [0.4, 0.5) is 0 Å². The second kappa shape index (κ2) is 7.18. The van der Waals surface area contributed by atoms with E-state index in [4.69, 9.17) is 9.26 Å². The molecule has 1 amide bonds. The van der Waals surface area contributed by atoms with Gasteiger partial charge in [-0.05, 0) is 20.8 Å². The Labute approximate surface area is 145 Å². The van der Waals surface area contributed by atoms with E-state index in [2.05, 4.69) is 20.4 Å². The summed E-state index contributed by atoms with van der Waals surface area (Å²) in [5.74, 6) is 1.22. The van der Waals surface area contributed by atoms with Crippen molar-refractivity contribution in [3.8, 4) is 0 Å². The molecule has 2 aromatic rings. The van der Waals surface area contributed by atoms with E-state index in [0.29, 0.717) is 36.7 Å². The third kappa shape index (κ3) is 4.14. The number of H-pyrrole nitrogens is 1. The second-order valence-electron chi connectivity index (χ2n) is 6.50. The van der Waals surface area contributed by atoms with Crippen molar-refractivity contribution in [3.63, 3.8) is 0 Å². The van der Waals surface area contributed by atoms with Crippen molar-refractivity contribution in [2.24, 2.45) is 5.92 Å². The highest BCUT2D eigenvalue weighted by molar-refractivity contribution is 5.79. The fraction of sp³-hybridized carbons (Fsp3) is 0.529. The van der Waals surface area contributed by atoms with Crippen LogP contribution in [0.2, 0.25) is 0 Å². The number of carbonyl (C=O) groups excluding carboxylic acids is 1. The smallest absolute Gasteiger partial charge is 0.254 e. The van der Waals surface area contributed by atoms with Gasteiger partial charge in [0.2, 0.25) is 5.91 Å². The molecule has 1 aliphatic rings. The minimum absolute atomic E-state index is 0.000910. The van der Waals surface area contributed by atoms with Crippen LogP contribution in [0.25, 0.3) is 0 Å².